The molecule has 0 saturated carbocycles. The molecule has 0 heterocycles. The Morgan fingerprint density at radius 3 is 2.56 bits per heavy atom. The van der Waals surface area contributed by atoms with E-state index in [4.69, 9.17) is 5.73 Å². The van der Waals surface area contributed by atoms with Crippen LogP contribution in [0.3, 0.4) is 0 Å². The van der Waals surface area contributed by atoms with Crippen LogP contribution in [0.1, 0.15) is 25.8 Å². The van der Waals surface area contributed by atoms with Crippen molar-refractivity contribution in [2.24, 2.45) is 5.73 Å². The molecule has 0 atom stereocenters. The second-order valence-electron chi connectivity index (χ2n) is 4.50. The van der Waals surface area contributed by atoms with Gasteiger partial charge in [-0.2, -0.15) is 0 Å². The zero-order valence-electron chi connectivity index (χ0n) is 10.7. The molecule has 3 N–H and O–H groups in total. The van der Waals surface area contributed by atoms with E-state index in [0.717, 1.165) is 6.42 Å². The van der Waals surface area contributed by atoms with Crippen LogP contribution in [0.5, 0.6) is 0 Å². The van der Waals surface area contributed by atoms with E-state index < -0.39 is 5.41 Å². The number of halogens is 2. The van der Waals surface area contributed by atoms with E-state index in [1.165, 1.54) is 6.07 Å². The predicted molar refractivity (Wildman–Crippen MR) is 73.4 cm³/mol. The summed E-state index contributed by atoms with van der Waals surface area (Å²) < 4.78 is 13.6. The van der Waals surface area contributed by atoms with Crippen molar-refractivity contribution >= 4 is 18.3 Å². The molecule has 0 spiro atoms. The lowest BCUT2D eigenvalue weighted by Gasteiger charge is -2.24. The average Bonchev–Trinajstić information content (AvgIpc) is 2.29. The minimum absolute atomic E-state index is 0. The van der Waals surface area contributed by atoms with Crippen LogP contribution in [0.15, 0.2) is 24.3 Å². The van der Waals surface area contributed by atoms with E-state index in [1.807, 2.05) is 0 Å². The third-order valence-corrected chi connectivity index (χ3v) is 2.78. The van der Waals surface area contributed by atoms with Crippen molar-refractivity contribution in [3.8, 4) is 0 Å². The highest BCUT2D eigenvalue weighted by Gasteiger charge is 2.31. The van der Waals surface area contributed by atoms with Gasteiger partial charge in [-0.3, -0.25) is 4.79 Å². The van der Waals surface area contributed by atoms with Gasteiger partial charge < -0.3 is 11.1 Å². The maximum Gasteiger partial charge on any atom is 0.230 e. The minimum Gasteiger partial charge on any atom is -0.355 e. The molecule has 0 aliphatic rings. The molecule has 1 rings (SSSR count). The van der Waals surface area contributed by atoms with Gasteiger partial charge in [-0.15, -0.1) is 12.4 Å². The summed E-state index contributed by atoms with van der Waals surface area (Å²) in [6, 6.07) is 6.34. The molecule has 0 bridgehead atoms. The Kier molecular flexibility index (Phi) is 6.88. The first-order valence-corrected chi connectivity index (χ1v) is 5.73. The van der Waals surface area contributed by atoms with Gasteiger partial charge in [0.2, 0.25) is 5.91 Å². The number of hydrogen-bond acceptors (Lipinski definition) is 2. The van der Waals surface area contributed by atoms with Gasteiger partial charge >= 0.3 is 0 Å². The number of hydrogen-bond donors (Lipinski definition) is 2. The first-order valence-electron chi connectivity index (χ1n) is 5.73. The highest BCUT2D eigenvalue weighted by Crippen LogP contribution is 2.25. The first-order chi connectivity index (χ1) is 8.00. The molecule has 5 heteroatoms. The summed E-state index contributed by atoms with van der Waals surface area (Å²) >= 11 is 0. The van der Waals surface area contributed by atoms with Gasteiger partial charge in [0, 0.05) is 12.1 Å². The summed E-state index contributed by atoms with van der Waals surface area (Å²) in [6.45, 7) is 4.47. The molecule has 1 aromatic rings. The normalized spacial score (nSPS) is 10.7. The Hall–Kier alpha value is -1.13. The second kappa shape index (κ2) is 7.34. The summed E-state index contributed by atoms with van der Waals surface area (Å²) in [5.41, 5.74) is 4.88. The molecule has 0 aromatic heterocycles. The molecular formula is C13H20ClFN2O. The van der Waals surface area contributed by atoms with Crippen molar-refractivity contribution in [2.75, 3.05) is 13.1 Å². The fourth-order valence-electron chi connectivity index (χ4n) is 1.62. The summed E-state index contributed by atoms with van der Waals surface area (Å²) in [5, 5.41) is 2.76. The highest BCUT2D eigenvalue weighted by atomic mass is 35.5. The number of rotatable bonds is 5. The lowest BCUT2D eigenvalue weighted by molar-refractivity contribution is -0.125. The molecule has 18 heavy (non-hydrogen) atoms. The van der Waals surface area contributed by atoms with Gasteiger partial charge in [-0.25, -0.2) is 4.39 Å². The quantitative estimate of drug-likeness (QED) is 0.807. The van der Waals surface area contributed by atoms with E-state index >= 15 is 0 Å². The van der Waals surface area contributed by atoms with E-state index in [-0.39, 0.29) is 24.1 Å². The van der Waals surface area contributed by atoms with Gasteiger partial charge in [0.1, 0.15) is 5.82 Å². The molecular weight excluding hydrogens is 255 g/mol. The standard InChI is InChI=1S/C13H19FN2O.ClH/c1-13(2,12(17)16-9-5-8-15)10-6-3-4-7-11(10)14;/h3-4,6-7H,5,8-9,15H2,1-2H3,(H,16,17);1H. The van der Waals surface area contributed by atoms with Crippen LogP contribution >= 0.6 is 12.4 Å². The van der Waals surface area contributed by atoms with Crippen molar-refractivity contribution in [1.29, 1.82) is 0 Å². The Balaban J connectivity index is 0.00000289. The van der Waals surface area contributed by atoms with Crippen molar-refractivity contribution in [3.63, 3.8) is 0 Å². The van der Waals surface area contributed by atoms with Crippen LogP contribution in [0, 0.1) is 5.82 Å². The monoisotopic (exact) mass is 274 g/mol. The van der Waals surface area contributed by atoms with E-state index in [2.05, 4.69) is 5.32 Å². The van der Waals surface area contributed by atoms with Crippen molar-refractivity contribution in [3.05, 3.63) is 35.6 Å². The van der Waals surface area contributed by atoms with Crippen LogP contribution in [0.4, 0.5) is 4.39 Å². The molecule has 0 saturated heterocycles. The number of amides is 1. The zero-order chi connectivity index (χ0) is 12.9. The average molecular weight is 275 g/mol. The summed E-state index contributed by atoms with van der Waals surface area (Å²) in [5.74, 6) is -0.539. The number of carbonyl (C=O) groups is 1. The van der Waals surface area contributed by atoms with Gasteiger partial charge in [0.25, 0.3) is 0 Å². The lowest BCUT2D eigenvalue weighted by atomic mass is 9.83. The third-order valence-electron chi connectivity index (χ3n) is 2.78. The van der Waals surface area contributed by atoms with E-state index in [1.54, 1.807) is 32.0 Å². The van der Waals surface area contributed by atoms with Crippen molar-refractivity contribution < 1.29 is 9.18 Å². The molecule has 0 radical (unpaired) electrons. The Morgan fingerprint density at radius 2 is 2.00 bits per heavy atom. The topological polar surface area (TPSA) is 55.1 Å². The summed E-state index contributed by atoms with van der Waals surface area (Å²) in [6.07, 6.45) is 0.721. The fraction of sp³-hybridized carbons (Fsp3) is 0.462. The molecule has 3 nitrogen and oxygen atoms in total. The Bertz CT molecular complexity index is 396. The van der Waals surface area contributed by atoms with Crippen LogP contribution < -0.4 is 11.1 Å². The van der Waals surface area contributed by atoms with E-state index in [0.29, 0.717) is 18.7 Å². The molecule has 0 unspecified atom stereocenters. The predicted octanol–water partition coefficient (Wildman–Crippen LogP) is 1.99. The number of nitrogens with two attached hydrogens (primary N) is 1. The Morgan fingerprint density at radius 1 is 1.39 bits per heavy atom. The third kappa shape index (κ3) is 3.96. The van der Waals surface area contributed by atoms with Crippen molar-refractivity contribution in [1.82, 2.24) is 5.32 Å². The maximum atomic E-state index is 13.6. The van der Waals surface area contributed by atoms with Crippen LogP contribution in [0.2, 0.25) is 0 Å². The largest absolute Gasteiger partial charge is 0.355 e. The van der Waals surface area contributed by atoms with Crippen LogP contribution in [-0.2, 0) is 10.2 Å². The molecule has 102 valence electrons. The first kappa shape index (κ1) is 16.9. The Labute approximate surface area is 113 Å². The molecule has 0 fully saturated rings. The molecule has 1 aromatic carbocycles. The molecule has 0 aliphatic carbocycles. The fourth-order valence-corrected chi connectivity index (χ4v) is 1.62. The number of benzene rings is 1. The van der Waals surface area contributed by atoms with Gasteiger partial charge in [0.05, 0.1) is 5.41 Å². The molecule has 1 amide bonds. The molecule has 0 aliphatic heterocycles. The number of carbonyl (C=O) groups excluding carboxylic acids is 1. The summed E-state index contributed by atoms with van der Waals surface area (Å²) in [7, 11) is 0. The number of nitrogens with one attached hydrogen (secondary N) is 1. The van der Waals surface area contributed by atoms with Crippen molar-refractivity contribution in [2.45, 2.75) is 25.7 Å². The zero-order valence-corrected chi connectivity index (χ0v) is 11.5. The minimum atomic E-state index is -0.875. The lowest BCUT2D eigenvalue weighted by Crippen LogP contribution is -2.41. The maximum absolute atomic E-state index is 13.6. The highest BCUT2D eigenvalue weighted by molar-refractivity contribution is 5.87. The smallest absolute Gasteiger partial charge is 0.230 e. The van der Waals surface area contributed by atoms with Gasteiger partial charge in [0.15, 0.2) is 0 Å². The van der Waals surface area contributed by atoms with E-state index in [9.17, 15) is 9.18 Å². The second-order valence-corrected chi connectivity index (χ2v) is 4.50. The summed E-state index contributed by atoms with van der Waals surface area (Å²) in [4.78, 5) is 12.0. The van der Waals surface area contributed by atoms with Gasteiger partial charge in [-0.1, -0.05) is 18.2 Å². The SMILES string of the molecule is CC(C)(C(=O)NCCCN)c1ccccc1F.Cl. The van der Waals surface area contributed by atoms with Crippen LogP contribution in [-0.4, -0.2) is 19.0 Å². The van der Waals surface area contributed by atoms with Gasteiger partial charge in [-0.05, 0) is 32.9 Å². The van der Waals surface area contributed by atoms with Crippen LogP contribution in [0.25, 0.3) is 0 Å².